The van der Waals surface area contributed by atoms with E-state index in [9.17, 15) is 4.79 Å². The third kappa shape index (κ3) is 3.93. The summed E-state index contributed by atoms with van der Waals surface area (Å²) in [5.41, 5.74) is 2.57. The van der Waals surface area contributed by atoms with Gasteiger partial charge in [0.15, 0.2) is 0 Å². The quantitative estimate of drug-likeness (QED) is 0.703. The number of carbonyl (C=O) groups excluding carboxylic acids is 1. The molecule has 2 heterocycles. The van der Waals surface area contributed by atoms with Crippen molar-refractivity contribution in [3.8, 4) is 5.75 Å². The summed E-state index contributed by atoms with van der Waals surface area (Å²) in [4.78, 5) is 20.1. The molecular weight excluding hydrogens is 350 g/mol. The summed E-state index contributed by atoms with van der Waals surface area (Å²) in [6, 6.07) is 17.7. The summed E-state index contributed by atoms with van der Waals surface area (Å²) in [5.74, 6) is 1.51. The molecule has 0 saturated carbocycles. The fraction of sp³-hybridized carbons (Fsp3) is 0.304. The average molecular weight is 375 g/mol. The standard InChI is InChI=1S/C23H25N3O2/c1-2-28-19-10-7-8-17(14-19)16-24-23(27)20-15-18-9-3-4-11-21(18)25-22(20)26-12-5-6-13-26/h3-4,7-11,14-15H,2,5-6,12-13,16H2,1H3,(H,24,27). The Labute approximate surface area is 165 Å². The maximum absolute atomic E-state index is 13.0. The molecule has 0 bridgehead atoms. The van der Waals surface area contributed by atoms with Gasteiger partial charge in [-0.3, -0.25) is 4.79 Å². The lowest BCUT2D eigenvalue weighted by Gasteiger charge is -2.20. The molecule has 0 unspecified atom stereocenters. The van der Waals surface area contributed by atoms with Gasteiger partial charge in [-0.15, -0.1) is 0 Å². The van der Waals surface area contributed by atoms with Crippen LogP contribution in [0.4, 0.5) is 5.82 Å². The lowest BCUT2D eigenvalue weighted by Crippen LogP contribution is -2.28. The third-order valence-corrected chi connectivity index (χ3v) is 5.02. The van der Waals surface area contributed by atoms with Crippen LogP contribution in [-0.4, -0.2) is 30.6 Å². The van der Waals surface area contributed by atoms with E-state index in [1.54, 1.807) is 0 Å². The molecule has 0 aliphatic carbocycles. The molecule has 5 heteroatoms. The molecule has 1 fully saturated rings. The second-order valence-corrected chi connectivity index (χ2v) is 7.01. The number of hydrogen-bond donors (Lipinski definition) is 1. The van der Waals surface area contributed by atoms with Crippen LogP contribution in [0.5, 0.6) is 5.75 Å². The van der Waals surface area contributed by atoms with Crippen molar-refractivity contribution < 1.29 is 9.53 Å². The van der Waals surface area contributed by atoms with Gasteiger partial charge in [-0.2, -0.15) is 0 Å². The van der Waals surface area contributed by atoms with E-state index in [-0.39, 0.29) is 5.91 Å². The Morgan fingerprint density at radius 2 is 1.93 bits per heavy atom. The zero-order chi connectivity index (χ0) is 19.3. The summed E-state index contributed by atoms with van der Waals surface area (Å²) in [7, 11) is 0. The minimum absolute atomic E-state index is 0.0954. The number of nitrogens with zero attached hydrogens (tertiary/aromatic N) is 2. The van der Waals surface area contributed by atoms with E-state index in [2.05, 4.69) is 10.2 Å². The summed E-state index contributed by atoms with van der Waals surface area (Å²) < 4.78 is 5.54. The van der Waals surface area contributed by atoms with E-state index >= 15 is 0 Å². The third-order valence-electron chi connectivity index (χ3n) is 5.02. The van der Waals surface area contributed by atoms with Gasteiger partial charge < -0.3 is 15.0 Å². The average Bonchev–Trinajstić information content (AvgIpc) is 3.26. The highest BCUT2D eigenvalue weighted by atomic mass is 16.5. The molecule has 1 N–H and O–H groups in total. The Morgan fingerprint density at radius 3 is 2.75 bits per heavy atom. The Balaban J connectivity index is 1.59. The van der Waals surface area contributed by atoms with E-state index < -0.39 is 0 Å². The van der Waals surface area contributed by atoms with Crippen LogP contribution in [0.25, 0.3) is 10.9 Å². The summed E-state index contributed by atoms with van der Waals surface area (Å²) in [5, 5.41) is 4.03. The number of benzene rings is 2. The van der Waals surface area contributed by atoms with Crippen molar-refractivity contribution in [3.05, 3.63) is 65.7 Å². The maximum atomic E-state index is 13.0. The van der Waals surface area contributed by atoms with Crippen LogP contribution in [-0.2, 0) is 6.54 Å². The van der Waals surface area contributed by atoms with E-state index in [0.29, 0.717) is 18.7 Å². The molecule has 3 aromatic rings. The number of amides is 1. The van der Waals surface area contributed by atoms with Gasteiger partial charge in [-0.25, -0.2) is 4.98 Å². The number of rotatable bonds is 6. The molecule has 1 aromatic heterocycles. The van der Waals surface area contributed by atoms with E-state index in [1.165, 1.54) is 0 Å². The zero-order valence-electron chi connectivity index (χ0n) is 16.1. The van der Waals surface area contributed by atoms with E-state index in [4.69, 9.17) is 9.72 Å². The Morgan fingerprint density at radius 1 is 1.11 bits per heavy atom. The molecule has 28 heavy (non-hydrogen) atoms. The molecule has 2 aromatic carbocycles. The van der Waals surface area contributed by atoms with Crippen LogP contribution >= 0.6 is 0 Å². The van der Waals surface area contributed by atoms with Crippen LogP contribution in [0.2, 0.25) is 0 Å². The van der Waals surface area contributed by atoms with Gasteiger partial charge in [0.1, 0.15) is 11.6 Å². The van der Waals surface area contributed by atoms with Gasteiger partial charge in [0.25, 0.3) is 5.91 Å². The lowest BCUT2D eigenvalue weighted by atomic mass is 10.1. The van der Waals surface area contributed by atoms with Crippen LogP contribution in [0.1, 0.15) is 35.7 Å². The molecule has 1 saturated heterocycles. The first-order chi connectivity index (χ1) is 13.7. The van der Waals surface area contributed by atoms with Crippen LogP contribution in [0.3, 0.4) is 0 Å². The van der Waals surface area contributed by atoms with Crippen LogP contribution in [0, 0.1) is 0 Å². The largest absolute Gasteiger partial charge is 0.494 e. The monoisotopic (exact) mass is 375 g/mol. The van der Waals surface area contributed by atoms with Gasteiger partial charge in [-0.05, 0) is 49.6 Å². The van der Waals surface area contributed by atoms with Gasteiger partial charge >= 0.3 is 0 Å². The van der Waals surface area contributed by atoms with Gasteiger partial charge in [0, 0.05) is 25.0 Å². The predicted octanol–water partition coefficient (Wildman–Crippen LogP) is 4.16. The number of ether oxygens (including phenoxy) is 1. The first-order valence-electron chi connectivity index (χ1n) is 9.89. The minimum atomic E-state index is -0.0954. The molecule has 0 spiro atoms. The lowest BCUT2D eigenvalue weighted by molar-refractivity contribution is 0.0951. The van der Waals surface area contributed by atoms with Crippen molar-refractivity contribution in [2.75, 3.05) is 24.6 Å². The number of fused-ring (bicyclic) bond motifs is 1. The van der Waals surface area contributed by atoms with Gasteiger partial charge in [0.05, 0.1) is 17.7 Å². The SMILES string of the molecule is CCOc1cccc(CNC(=O)c2cc3ccccc3nc2N2CCCC2)c1. The number of anilines is 1. The highest BCUT2D eigenvalue weighted by molar-refractivity contribution is 6.02. The van der Waals surface area contributed by atoms with Crippen molar-refractivity contribution in [3.63, 3.8) is 0 Å². The van der Waals surface area contributed by atoms with Crippen molar-refractivity contribution in [2.24, 2.45) is 0 Å². The van der Waals surface area contributed by atoms with Crippen LogP contribution < -0.4 is 15.0 Å². The molecule has 1 amide bonds. The predicted molar refractivity (Wildman–Crippen MR) is 112 cm³/mol. The van der Waals surface area contributed by atoms with Crippen molar-refractivity contribution >= 4 is 22.6 Å². The first-order valence-corrected chi connectivity index (χ1v) is 9.89. The van der Waals surface area contributed by atoms with Crippen LogP contribution in [0.15, 0.2) is 54.6 Å². The second-order valence-electron chi connectivity index (χ2n) is 7.01. The maximum Gasteiger partial charge on any atom is 0.255 e. The molecule has 144 valence electrons. The number of pyridine rings is 1. The van der Waals surface area contributed by atoms with E-state index in [1.807, 2.05) is 61.5 Å². The fourth-order valence-electron chi connectivity index (χ4n) is 3.63. The Bertz CT molecular complexity index is 980. The molecule has 0 radical (unpaired) electrons. The Kier molecular flexibility index (Phi) is 5.42. The van der Waals surface area contributed by atoms with Crippen molar-refractivity contribution in [1.29, 1.82) is 0 Å². The molecule has 1 aliphatic heterocycles. The molecule has 5 nitrogen and oxygen atoms in total. The van der Waals surface area contributed by atoms with Gasteiger partial charge in [0.2, 0.25) is 0 Å². The zero-order valence-corrected chi connectivity index (χ0v) is 16.1. The molecule has 4 rings (SSSR count). The molecule has 1 aliphatic rings. The number of hydrogen-bond acceptors (Lipinski definition) is 4. The topological polar surface area (TPSA) is 54.5 Å². The second kappa shape index (κ2) is 8.30. The smallest absolute Gasteiger partial charge is 0.255 e. The van der Waals surface area contributed by atoms with Crippen molar-refractivity contribution in [1.82, 2.24) is 10.3 Å². The number of para-hydroxylation sites is 1. The number of carbonyl (C=O) groups is 1. The van der Waals surface area contributed by atoms with Crippen molar-refractivity contribution in [2.45, 2.75) is 26.3 Å². The summed E-state index contributed by atoms with van der Waals surface area (Å²) >= 11 is 0. The fourth-order valence-corrected chi connectivity index (χ4v) is 3.63. The highest BCUT2D eigenvalue weighted by Gasteiger charge is 2.22. The highest BCUT2D eigenvalue weighted by Crippen LogP contribution is 2.26. The number of aromatic nitrogens is 1. The molecular formula is C23H25N3O2. The van der Waals surface area contributed by atoms with Gasteiger partial charge in [-0.1, -0.05) is 30.3 Å². The minimum Gasteiger partial charge on any atom is -0.494 e. The molecule has 0 atom stereocenters. The van der Waals surface area contributed by atoms with E-state index in [0.717, 1.165) is 54.0 Å². The number of nitrogens with one attached hydrogen (secondary N) is 1. The summed E-state index contributed by atoms with van der Waals surface area (Å²) in [6.07, 6.45) is 2.28. The normalized spacial score (nSPS) is 13.7. The summed E-state index contributed by atoms with van der Waals surface area (Å²) in [6.45, 7) is 4.93. The Hall–Kier alpha value is -3.08. The first kappa shape index (κ1) is 18.3.